The molecule has 1 heterocycles. The monoisotopic (exact) mass is 1080 g/mol. The van der Waals surface area contributed by atoms with Crippen molar-refractivity contribution in [3.8, 4) is 0 Å². The summed E-state index contributed by atoms with van der Waals surface area (Å²) < 4.78 is 10.8. The Hall–Kier alpha value is -4.88. The molecule has 1 aliphatic carbocycles. The molecule has 0 saturated carbocycles. The Morgan fingerprint density at radius 1 is 0.932 bits per heavy atom. The molecule has 21 nitrogen and oxygen atoms in total. The van der Waals surface area contributed by atoms with Gasteiger partial charge in [0.1, 0.15) is 37.1 Å². The Morgan fingerprint density at radius 3 is 2.26 bits per heavy atom. The van der Waals surface area contributed by atoms with E-state index < -0.39 is 109 Å². The number of Topliss-reactive ketones (excluding diaryl/α,β-unsaturated/α-hetero) is 1. The Balaban J connectivity index is 1.91. The topological polar surface area (TPSA) is 359 Å². The zero-order valence-electron chi connectivity index (χ0n) is 43.3. The standard InChI is InChI=1S/C51H78N4O17S2/c1-27-20-31(5)43(62)32(6)22-33(7)47(72-51(52)70)28(2)12-11-13-29(3)48(66)54-36-23-38(57)34(35(21-27)44(36)63)14-9-8-10-15-42(61)71-18-19-73-74-26-37(50(68)69)55-49(67)30(4)16-17-41(60)53-24-39(58)45(64)46(65)40(59)25-56/h11-13,22-23,27-28,30-32,37,39-40,43,45-47,56,58-59,62,64-65H,8-10,14-21,24-26H2,1-7H3,(H2,52,70)(H,53,60)(H,54,66)(H,55,67)(H,68,69)/b12-11-,29-13+,33-22+/t27-,28-,30-,31-,32-,37-,39-,40+,43-,45+,46+,47+/m0/s1. The van der Waals surface area contributed by atoms with Crippen LogP contribution in [0.4, 0.5) is 4.79 Å². The van der Waals surface area contributed by atoms with E-state index in [-0.39, 0.29) is 79.4 Å². The maximum Gasteiger partial charge on any atom is 0.405 e. The number of esters is 1. The van der Waals surface area contributed by atoms with Crippen molar-refractivity contribution in [3.05, 3.63) is 58.4 Å². The molecule has 0 aromatic rings. The number of ether oxygens (including phenoxy) is 2. The minimum atomic E-state index is -1.86. The molecule has 74 heavy (non-hydrogen) atoms. The van der Waals surface area contributed by atoms with Crippen molar-refractivity contribution >= 4 is 68.9 Å². The summed E-state index contributed by atoms with van der Waals surface area (Å²) in [6, 6.07) is -1.26. The molecular weight excluding hydrogens is 1000 g/mol. The second-order valence-electron chi connectivity index (χ2n) is 19.2. The second-order valence-corrected chi connectivity index (χ2v) is 21.9. The summed E-state index contributed by atoms with van der Waals surface area (Å²) >= 11 is 0. The van der Waals surface area contributed by atoms with Gasteiger partial charge in [-0.05, 0) is 69.8 Å². The molecule has 0 spiro atoms. The lowest BCUT2D eigenvalue weighted by Gasteiger charge is -2.28. The molecule has 12 atom stereocenters. The highest BCUT2D eigenvalue weighted by atomic mass is 33.1. The first-order valence-electron chi connectivity index (χ1n) is 24.8. The molecular formula is C51H78N4O17S2. The first-order chi connectivity index (χ1) is 34.8. The van der Waals surface area contributed by atoms with Gasteiger partial charge >= 0.3 is 18.0 Å². The van der Waals surface area contributed by atoms with Crippen LogP contribution in [0.5, 0.6) is 0 Å². The van der Waals surface area contributed by atoms with Gasteiger partial charge in [0.2, 0.25) is 17.6 Å². The number of amides is 4. The minimum Gasteiger partial charge on any atom is -0.480 e. The lowest BCUT2D eigenvalue weighted by molar-refractivity contribution is -0.143. The zero-order chi connectivity index (χ0) is 55.8. The third-order valence-electron chi connectivity index (χ3n) is 12.7. The predicted molar refractivity (Wildman–Crippen MR) is 277 cm³/mol. The van der Waals surface area contributed by atoms with Gasteiger partial charge in [-0.3, -0.25) is 28.8 Å². The Bertz CT molecular complexity index is 2110. The fraction of sp³-hybridized carbons (Fsp3) is 0.647. The molecule has 2 bridgehead atoms. The van der Waals surface area contributed by atoms with E-state index in [0.29, 0.717) is 48.2 Å². The molecule has 4 amide bonds. The summed E-state index contributed by atoms with van der Waals surface area (Å²) in [7, 11) is 2.39. The van der Waals surface area contributed by atoms with Crippen LogP contribution in [0.1, 0.15) is 106 Å². The van der Waals surface area contributed by atoms with E-state index in [4.69, 9.17) is 20.3 Å². The number of fused-ring (bicyclic) bond motifs is 2. The fourth-order valence-corrected chi connectivity index (χ4v) is 10.3. The van der Waals surface area contributed by atoms with Crippen molar-refractivity contribution in [1.82, 2.24) is 16.0 Å². The number of nitrogens with one attached hydrogen (secondary N) is 3. The summed E-state index contributed by atoms with van der Waals surface area (Å²) in [6.07, 6.45) is 0.670. The van der Waals surface area contributed by atoms with E-state index in [0.717, 1.165) is 16.9 Å². The highest BCUT2D eigenvalue weighted by Crippen LogP contribution is 2.32. The Morgan fingerprint density at radius 2 is 1.61 bits per heavy atom. The van der Waals surface area contributed by atoms with Gasteiger partial charge < -0.3 is 66.9 Å². The molecule has 1 aliphatic heterocycles. The van der Waals surface area contributed by atoms with Crippen LogP contribution >= 0.6 is 21.6 Å². The third kappa shape index (κ3) is 22.5. The smallest absolute Gasteiger partial charge is 0.405 e. The van der Waals surface area contributed by atoms with E-state index in [2.05, 4.69) is 16.0 Å². The Labute approximate surface area is 440 Å². The molecule has 2 aliphatic rings. The molecule has 0 fully saturated rings. The zero-order valence-corrected chi connectivity index (χ0v) is 45.0. The normalized spacial score (nSPS) is 25.5. The summed E-state index contributed by atoms with van der Waals surface area (Å²) in [5.74, 6) is -5.98. The number of carboxylic acids is 1. The number of aliphatic hydroxyl groups is 6. The number of hydrogen-bond acceptors (Lipinski definition) is 18. The van der Waals surface area contributed by atoms with E-state index in [1.165, 1.54) is 23.8 Å². The van der Waals surface area contributed by atoms with Crippen LogP contribution in [0, 0.1) is 29.6 Å². The molecule has 2 rings (SSSR count). The van der Waals surface area contributed by atoms with Crippen molar-refractivity contribution in [1.29, 1.82) is 0 Å². The van der Waals surface area contributed by atoms with E-state index >= 15 is 0 Å². The van der Waals surface area contributed by atoms with Crippen LogP contribution in [0.3, 0.4) is 0 Å². The molecule has 0 radical (unpaired) electrons. The van der Waals surface area contributed by atoms with E-state index in [1.807, 2.05) is 33.8 Å². The Kier molecular flexibility index (Phi) is 29.3. The fourth-order valence-electron chi connectivity index (χ4n) is 8.30. The number of ketones is 2. The van der Waals surface area contributed by atoms with Gasteiger partial charge in [0.15, 0.2) is 5.78 Å². The van der Waals surface area contributed by atoms with Gasteiger partial charge in [-0.1, -0.05) is 86.9 Å². The lowest BCUT2D eigenvalue weighted by atomic mass is 9.80. The van der Waals surface area contributed by atoms with Crippen molar-refractivity contribution in [2.24, 2.45) is 35.3 Å². The molecule has 0 aromatic carbocycles. The number of aliphatic carboxylic acids is 1. The summed E-state index contributed by atoms with van der Waals surface area (Å²) in [4.78, 5) is 102. The number of allylic oxidation sites excluding steroid dienone is 5. The largest absolute Gasteiger partial charge is 0.480 e. The van der Waals surface area contributed by atoms with Crippen molar-refractivity contribution < 1.29 is 83.6 Å². The van der Waals surface area contributed by atoms with Gasteiger partial charge in [-0.15, -0.1) is 0 Å². The number of carbonyl (C=O) groups is 8. The number of hydrogen-bond donors (Lipinski definition) is 11. The van der Waals surface area contributed by atoms with Crippen LogP contribution in [0.25, 0.3) is 0 Å². The quantitative estimate of drug-likeness (QED) is 0.0206. The maximum atomic E-state index is 14.0. The number of rotatable bonds is 25. The lowest BCUT2D eigenvalue weighted by Crippen LogP contribution is -2.49. The van der Waals surface area contributed by atoms with Crippen LogP contribution in [-0.2, 0) is 43.0 Å². The summed E-state index contributed by atoms with van der Waals surface area (Å²) in [5.41, 5.74) is 6.82. The van der Waals surface area contributed by atoms with Gasteiger partial charge in [-0.2, -0.15) is 0 Å². The van der Waals surface area contributed by atoms with Crippen LogP contribution < -0.4 is 21.7 Å². The van der Waals surface area contributed by atoms with Gasteiger partial charge in [0.05, 0.1) is 24.5 Å². The molecule has 0 unspecified atom stereocenters. The first-order valence-corrected chi connectivity index (χ1v) is 27.3. The van der Waals surface area contributed by atoms with Crippen molar-refractivity contribution in [2.75, 3.05) is 31.3 Å². The molecule has 0 aromatic heterocycles. The second kappa shape index (κ2) is 33.2. The average molecular weight is 1080 g/mol. The average Bonchev–Trinajstić information content (AvgIpc) is 3.34. The number of aliphatic hydroxyl groups excluding tert-OH is 6. The van der Waals surface area contributed by atoms with E-state index in [1.54, 1.807) is 26.0 Å². The maximum absolute atomic E-state index is 14.0. The number of carboxylic acid groups (broad SMARTS) is 1. The first kappa shape index (κ1) is 65.2. The molecule has 0 saturated heterocycles. The number of unbranched alkanes of at least 4 members (excludes halogenated alkanes) is 2. The molecule has 12 N–H and O–H groups in total. The van der Waals surface area contributed by atoms with Crippen LogP contribution in [-0.4, -0.2) is 157 Å². The molecule has 23 heteroatoms. The van der Waals surface area contributed by atoms with Gasteiger partial charge in [-0.25, -0.2) is 9.59 Å². The predicted octanol–water partition coefficient (Wildman–Crippen LogP) is 2.46. The number of nitrogens with two attached hydrogens (primary N) is 1. The SMILES string of the molecule is C/C1=C\C=C/[C@H](C)[C@@H](OC(N)=O)/C(C)=C/[C@H](C)[C@@H](O)[C@@H](C)C[C@H](C)CC2=C(CCCCCC(=O)OCCSSC[C@H](NC(=O)[C@@H](C)CCC(=O)NC[C@H](O)[C@@H](O)[C@H](O)[C@H](O)CO)C(=O)O)C(=O)C=C(NC1=O)C2=O. The van der Waals surface area contributed by atoms with Gasteiger partial charge in [0, 0.05) is 71.4 Å². The van der Waals surface area contributed by atoms with Crippen molar-refractivity contribution in [2.45, 2.75) is 149 Å². The van der Waals surface area contributed by atoms with E-state index in [9.17, 15) is 69.0 Å². The number of carbonyl (C=O) groups excluding carboxylic acids is 7. The van der Waals surface area contributed by atoms with Crippen LogP contribution in [0.2, 0.25) is 0 Å². The van der Waals surface area contributed by atoms with Crippen molar-refractivity contribution in [3.63, 3.8) is 0 Å². The van der Waals surface area contributed by atoms with Crippen LogP contribution in [0.15, 0.2) is 58.4 Å². The summed E-state index contributed by atoms with van der Waals surface area (Å²) in [5, 5.41) is 76.3. The highest BCUT2D eigenvalue weighted by molar-refractivity contribution is 8.76. The molecule has 416 valence electrons. The minimum absolute atomic E-state index is 0.0189. The van der Waals surface area contributed by atoms with Gasteiger partial charge in [0.25, 0.3) is 5.91 Å². The third-order valence-corrected chi connectivity index (χ3v) is 15.1. The number of primary amides is 1. The highest BCUT2D eigenvalue weighted by Gasteiger charge is 2.33. The summed E-state index contributed by atoms with van der Waals surface area (Å²) in [6.45, 7) is 11.1.